The maximum absolute atomic E-state index is 13.5. The predicted molar refractivity (Wildman–Crippen MR) is 56.5 cm³/mol. The first-order valence-electron chi connectivity index (χ1n) is 5.13. The van der Waals surface area contributed by atoms with Gasteiger partial charge in [-0.2, -0.15) is 4.39 Å². The fourth-order valence-electron chi connectivity index (χ4n) is 1.35. The molecule has 0 bridgehead atoms. The number of nitrogens with two attached hydrogens (primary N) is 1. The Morgan fingerprint density at radius 1 is 1.50 bits per heavy atom. The second-order valence-corrected chi connectivity index (χ2v) is 3.48. The lowest BCUT2D eigenvalue weighted by molar-refractivity contribution is -0.149. The number of ether oxygens (including phenoxy) is 1. The van der Waals surface area contributed by atoms with Crippen molar-refractivity contribution in [3.05, 3.63) is 29.3 Å². The van der Waals surface area contributed by atoms with E-state index in [1.54, 1.807) is 0 Å². The van der Waals surface area contributed by atoms with Crippen LogP contribution in [0.4, 0.5) is 13.2 Å². The average molecular weight is 263 g/mol. The van der Waals surface area contributed by atoms with Crippen LogP contribution in [0.3, 0.4) is 0 Å². The summed E-state index contributed by atoms with van der Waals surface area (Å²) in [5.41, 5.74) is 4.96. The first-order valence-corrected chi connectivity index (χ1v) is 5.13. The summed E-state index contributed by atoms with van der Waals surface area (Å²) in [7, 11) is 0. The largest absolute Gasteiger partial charge is 0.505 e. The molecule has 0 radical (unpaired) electrons. The van der Waals surface area contributed by atoms with Crippen LogP contribution in [-0.4, -0.2) is 23.9 Å². The van der Waals surface area contributed by atoms with Crippen molar-refractivity contribution in [1.29, 1.82) is 0 Å². The number of hydrogen-bond acceptors (Lipinski definition) is 4. The Labute approximate surface area is 101 Å². The minimum atomic E-state index is -2.28. The zero-order valence-electron chi connectivity index (χ0n) is 9.49. The molecule has 1 aromatic rings. The number of rotatable bonds is 4. The summed E-state index contributed by atoms with van der Waals surface area (Å²) in [6.45, 7) is 1.43. The Balaban J connectivity index is 3.00. The predicted octanol–water partition coefficient (Wildman–Crippen LogP) is 1.57. The topological polar surface area (TPSA) is 72.5 Å². The maximum Gasteiger partial charge on any atom is 0.342 e. The van der Waals surface area contributed by atoms with E-state index in [2.05, 4.69) is 4.74 Å². The zero-order valence-corrected chi connectivity index (χ0v) is 9.49. The Bertz CT molecular complexity index is 453. The van der Waals surface area contributed by atoms with Gasteiger partial charge >= 0.3 is 5.97 Å². The molecule has 100 valence electrons. The van der Waals surface area contributed by atoms with Gasteiger partial charge < -0.3 is 15.6 Å². The summed E-state index contributed by atoms with van der Waals surface area (Å²) < 4.78 is 43.7. The van der Waals surface area contributed by atoms with Crippen molar-refractivity contribution < 1.29 is 27.8 Å². The molecule has 0 saturated carbocycles. The third-order valence-electron chi connectivity index (χ3n) is 2.29. The van der Waals surface area contributed by atoms with E-state index in [1.807, 2.05) is 0 Å². The Morgan fingerprint density at radius 3 is 2.67 bits per heavy atom. The number of phenolic OH excluding ortho intramolecular Hbond substituents is 1. The zero-order chi connectivity index (χ0) is 13.9. The van der Waals surface area contributed by atoms with Gasteiger partial charge in [0.2, 0.25) is 12.0 Å². The summed E-state index contributed by atoms with van der Waals surface area (Å²) in [5, 5.41) is 9.30. The molecule has 1 rings (SSSR count). The van der Waals surface area contributed by atoms with E-state index in [4.69, 9.17) is 5.73 Å². The third-order valence-corrected chi connectivity index (χ3v) is 2.29. The number of carbonyl (C=O) groups excluding carboxylic acids is 1. The second-order valence-electron chi connectivity index (χ2n) is 3.48. The van der Waals surface area contributed by atoms with Crippen LogP contribution in [0, 0.1) is 11.6 Å². The summed E-state index contributed by atoms with van der Waals surface area (Å²) >= 11 is 0. The summed E-state index contributed by atoms with van der Waals surface area (Å²) in [5.74, 6) is -5.18. The van der Waals surface area contributed by atoms with Gasteiger partial charge in [0.25, 0.3) is 0 Å². The molecule has 0 spiro atoms. The van der Waals surface area contributed by atoms with Crippen molar-refractivity contribution in [2.75, 3.05) is 6.61 Å². The SMILES string of the molecule is CCOC(=O)C(F)[C@@H](N)c1ccc(F)c(F)c1O. The third kappa shape index (κ3) is 2.73. The van der Waals surface area contributed by atoms with Gasteiger partial charge in [0.05, 0.1) is 12.6 Å². The van der Waals surface area contributed by atoms with Gasteiger partial charge in [-0.3, -0.25) is 0 Å². The molecule has 1 unspecified atom stereocenters. The van der Waals surface area contributed by atoms with Crippen molar-refractivity contribution in [3.63, 3.8) is 0 Å². The highest BCUT2D eigenvalue weighted by molar-refractivity contribution is 5.76. The summed E-state index contributed by atoms with van der Waals surface area (Å²) in [4.78, 5) is 11.1. The lowest BCUT2D eigenvalue weighted by Gasteiger charge is -2.17. The normalized spacial score (nSPS) is 14.1. The first kappa shape index (κ1) is 14.3. The first-order chi connectivity index (χ1) is 8.40. The Hall–Kier alpha value is -1.76. The van der Waals surface area contributed by atoms with Crippen LogP contribution >= 0.6 is 0 Å². The molecule has 0 aliphatic carbocycles. The van der Waals surface area contributed by atoms with Gasteiger partial charge in [-0.05, 0) is 13.0 Å². The van der Waals surface area contributed by atoms with Gasteiger partial charge in [0.1, 0.15) is 0 Å². The highest BCUT2D eigenvalue weighted by atomic mass is 19.2. The number of hydrogen-bond donors (Lipinski definition) is 2. The molecule has 0 saturated heterocycles. The molecule has 0 aliphatic rings. The van der Waals surface area contributed by atoms with E-state index in [1.165, 1.54) is 6.92 Å². The highest BCUT2D eigenvalue weighted by Gasteiger charge is 2.30. The van der Waals surface area contributed by atoms with Gasteiger partial charge in [-0.25, -0.2) is 13.6 Å². The Kier molecular flexibility index (Phi) is 4.55. The van der Waals surface area contributed by atoms with E-state index in [0.29, 0.717) is 6.07 Å². The minimum absolute atomic E-state index is 0.0459. The van der Waals surface area contributed by atoms with Crippen LogP contribution in [0.15, 0.2) is 12.1 Å². The number of benzene rings is 1. The summed E-state index contributed by atoms with van der Waals surface area (Å²) in [6, 6.07) is -0.0501. The van der Waals surface area contributed by atoms with Crippen LogP contribution in [0.25, 0.3) is 0 Å². The summed E-state index contributed by atoms with van der Waals surface area (Å²) in [6.07, 6.45) is -2.28. The van der Waals surface area contributed by atoms with E-state index < -0.39 is 41.1 Å². The monoisotopic (exact) mass is 263 g/mol. The minimum Gasteiger partial charge on any atom is -0.505 e. The van der Waals surface area contributed by atoms with Gasteiger partial charge in [-0.15, -0.1) is 0 Å². The number of alkyl halides is 1. The quantitative estimate of drug-likeness (QED) is 0.809. The molecule has 7 heteroatoms. The second kappa shape index (κ2) is 5.72. The number of phenols is 1. The average Bonchev–Trinajstić information content (AvgIpc) is 2.35. The van der Waals surface area contributed by atoms with E-state index in [-0.39, 0.29) is 6.61 Å². The molecule has 0 fully saturated rings. The van der Waals surface area contributed by atoms with Crippen molar-refractivity contribution in [1.82, 2.24) is 0 Å². The Morgan fingerprint density at radius 2 is 2.11 bits per heavy atom. The van der Waals surface area contributed by atoms with Gasteiger partial charge in [0, 0.05) is 5.56 Å². The van der Waals surface area contributed by atoms with Crippen molar-refractivity contribution in [3.8, 4) is 5.75 Å². The number of halogens is 3. The molecular formula is C11H12F3NO3. The number of esters is 1. The smallest absolute Gasteiger partial charge is 0.342 e. The maximum atomic E-state index is 13.5. The van der Waals surface area contributed by atoms with Crippen LogP contribution in [0.2, 0.25) is 0 Å². The highest BCUT2D eigenvalue weighted by Crippen LogP contribution is 2.30. The molecule has 0 amide bonds. The molecule has 18 heavy (non-hydrogen) atoms. The standard InChI is InChI=1S/C11H12F3NO3/c1-2-18-11(17)8(14)9(15)5-3-4-6(12)7(13)10(5)16/h3-4,8-9,16H,2,15H2,1H3/t8?,9-/m0/s1. The molecule has 3 N–H and O–H groups in total. The fourth-order valence-corrected chi connectivity index (χ4v) is 1.35. The van der Waals surface area contributed by atoms with Gasteiger partial charge in [-0.1, -0.05) is 6.07 Å². The molecule has 0 aliphatic heterocycles. The fraction of sp³-hybridized carbons (Fsp3) is 0.364. The number of carbonyl (C=O) groups is 1. The van der Waals surface area contributed by atoms with Gasteiger partial charge in [0.15, 0.2) is 11.6 Å². The van der Waals surface area contributed by atoms with Crippen LogP contribution in [0.5, 0.6) is 5.75 Å². The lowest BCUT2D eigenvalue weighted by atomic mass is 10.0. The van der Waals surface area contributed by atoms with E-state index in [9.17, 15) is 23.1 Å². The van der Waals surface area contributed by atoms with Crippen LogP contribution in [0.1, 0.15) is 18.5 Å². The van der Waals surface area contributed by atoms with Crippen molar-refractivity contribution in [2.24, 2.45) is 5.73 Å². The lowest BCUT2D eigenvalue weighted by Crippen LogP contribution is -2.31. The molecule has 2 atom stereocenters. The molecule has 1 aromatic carbocycles. The molecular weight excluding hydrogens is 251 g/mol. The van der Waals surface area contributed by atoms with Crippen LogP contribution in [-0.2, 0) is 9.53 Å². The van der Waals surface area contributed by atoms with Crippen molar-refractivity contribution in [2.45, 2.75) is 19.1 Å². The molecule has 0 aromatic heterocycles. The van der Waals surface area contributed by atoms with E-state index >= 15 is 0 Å². The van der Waals surface area contributed by atoms with E-state index in [0.717, 1.165) is 6.07 Å². The van der Waals surface area contributed by atoms with Crippen LogP contribution < -0.4 is 5.73 Å². The number of aromatic hydroxyl groups is 1. The molecule has 4 nitrogen and oxygen atoms in total. The molecule has 0 heterocycles. The van der Waals surface area contributed by atoms with Crippen molar-refractivity contribution >= 4 is 5.97 Å².